The molecule has 6 nitrogen and oxygen atoms in total. The van der Waals surface area contributed by atoms with Crippen molar-refractivity contribution in [2.24, 2.45) is 0 Å². The van der Waals surface area contributed by atoms with E-state index in [0.29, 0.717) is 24.3 Å². The SMILES string of the molecule is CC(C)NS(=O)(=O)[C@@H]1CCN(c2nnc(C(F)(F)F)s2)C1. The van der Waals surface area contributed by atoms with E-state index in [1.54, 1.807) is 13.8 Å². The summed E-state index contributed by atoms with van der Waals surface area (Å²) >= 11 is 0.427. The zero-order chi connectivity index (χ0) is 15.8. The zero-order valence-corrected chi connectivity index (χ0v) is 13.0. The Hall–Kier alpha value is -0.940. The zero-order valence-electron chi connectivity index (χ0n) is 11.4. The number of aromatic nitrogens is 2. The number of hydrogen-bond acceptors (Lipinski definition) is 6. The Morgan fingerprint density at radius 2 is 2.05 bits per heavy atom. The van der Waals surface area contributed by atoms with Crippen molar-refractivity contribution >= 4 is 26.5 Å². The number of hydrogen-bond donors (Lipinski definition) is 1. The summed E-state index contributed by atoms with van der Waals surface area (Å²) in [6.45, 7) is 3.89. The van der Waals surface area contributed by atoms with Crippen molar-refractivity contribution < 1.29 is 21.6 Å². The van der Waals surface area contributed by atoms with Crippen molar-refractivity contribution in [1.29, 1.82) is 0 Å². The van der Waals surface area contributed by atoms with Crippen molar-refractivity contribution in [1.82, 2.24) is 14.9 Å². The number of anilines is 1. The van der Waals surface area contributed by atoms with Crippen LogP contribution < -0.4 is 9.62 Å². The van der Waals surface area contributed by atoms with Gasteiger partial charge >= 0.3 is 6.18 Å². The fraction of sp³-hybridized carbons (Fsp3) is 0.800. The molecule has 0 aliphatic carbocycles. The van der Waals surface area contributed by atoms with Crippen LogP contribution in [0.2, 0.25) is 0 Å². The molecule has 0 saturated carbocycles. The topological polar surface area (TPSA) is 75.2 Å². The first kappa shape index (κ1) is 16.4. The van der Waals surface area contributed by atoms with E-state index < -0.39 is 26.5 Å². The van der Waals surface area contributed by atoms with Gasteiger partial charge in [-0.3, -0.25) is 0 Å². The Morgan fingerprint density at radius 3 is 2.57 bits per heavy atom. The highest BCUT2D eigenvalue weighted by atomic mass is 32.2. The molecule has 0 amide bonds. The molecular formula is C10H15F3N4O2S2. The summed E-state index contributed by atoms with van der Waals surface area (Å²) in [5.41, 5.74) is 0. The Bertz CT molecular complexity index is 600. The second kappa shape index (κ2) is 5.69. The average molecular weight is 344 g/mol. The van der Waals surface area contributed by atoms with E-state index >= 15 is 0 Å². The quantitative estimate of drug-likeness (QED) is 0.895. The van der Waals surface area contributed by atoms with Crippen molar-refractivity contribution in [2.75, 3.05) is 18.0 Å². The molecule has 0 bridgehead atoms. The molecule has 0 aromatic carbocycles. The van der Waals surface area contributed by atoms with Crippen LogP contribution >= 0.6 is 11.3 Å². The van der Waals surface area contributed by atoms with Gasteiger partial charge in [0, 0.05) is 19.1 Å². The van der Waals surface area contributed by atoms with E-state index in [-0.39, 0.29) is 17.7 Å². The number of nitrogens with zero attached hydrogens (tertiary/aromatic N) is 3. The van der Waals surface area contributed by atoms with Gasteiger partial charge in [-0.05, 0) is 20.3 Å². The van der Waals surface area contributed by atoms with E-state index in [1.807, 2.05) is 0 Å². The van der Waals surface area contributed by atoms with Crippen molar-refractivity contribution in [3.05, 3.63) is 5.01 Å². The summed E-state index contributed by atoms with van der Waals surface area (Å²) in [6, 6.07) is -0.220. The third-order valence-corrected chi connectivity index (χ3v) is 6.00. The van der Waals surface area contributed by atoms with E-state index in [1.165, 1.54) is 4.90 Å². The first-order valence-electron chi connectivity index (χ1n) is 6.26. The molecule has 1 aromatic rings. The van der Waals surface area contributed by atoms with Gasteiger partial charge in [-0.1, -0.05) is 11.3 Å². The molecule has 0 spiro atoms. The number of rotatable bonds is 4. The molecule has 120 valence electrons. The molecule has 1 fully saturated rings. The first-order valence-corrected chi connectivity index (χ1v) is 8.62. The Morgan fingerprint density at radius 1 is 1.38 bits per heavy atom. The average Bonchev–Trinajstić information content (AvgIpc) is 2.95. The van der Waals surface area contributed by atoms with Gasteiger partial charge in [-0.2, -0.15) is 13.2 Å². The van der Waals surface area contributed by atoms with Crippen LogP contribution in [0.15, 0.2) is 0 Å². The highest BCUT2D eigenvalue weighted by Gasteiger charge is 2.38. The summed E-state index contributed by atoms with van der Waals surface area (Å²) in [5, 5.41) is 5.03. The van der Waals surface area contributed by atoms with Gasteiger partial charge in [-0.25, -0.2) is 13.1 Å². The maximum atomic E-state index is 12.5. The summed E-state index contributed by atoms with van der Waals surface area (Å²) < 4.78 is 64.0. The van der Waals surface area contributed by atoms with Gasteiger partial charge in [0.15, 0.2) is 0 Å². The predicted molar refractivity (Wildman–Crippen MR) is 72.7 cm³/mol. The maximum absolute atomic E-state index is 12.5. The van der Waals surface area contributed by atoms with Gasteiger partial charge in [0.05, 0.1) is 5.25 Å². The summed E-state index contributed by atoms with van der Waals surface area (Å²) in [6.07, 6.45) is -4.18. The predicted octanol–water partition coefficient (Wildman–Crippen LogP) is 1.46. The Balaban J connectivity index is 2.08. The molecule has 11 heteroatoms. The maximum Gasteiger partial charge on any atom is 0.445 e. The van der Waals surface area contributed by atoms with Gasteiger partial charge in [0.25, 0.3) is 0 Å². The minimum atomic E-state index is -4.53. The lowest BCUT2D eigenvalue weighted by Gasteiger charge is -2.16. The number of sulfonamides is 1. The van der Waals surface area contributed by atoms with Crippen molar-refractivity contribution in [3.63, 3.8) is 0 Å². The van der Waals surface area contributed by atoms with Crippen LogP contribution in [-0.2, 0) is 16.2 Å². The van der Waals surface area contributed by atoms with Crippen LogP contribution in [0.4, 0.5) is 18.3 Å². The minimum Gasteiger partial charge on any atom is -0.345 e. The lowest BCUT2D eigenvalue weighted by atomic mass is 10.4. The van der Waals surface area contributed by atoms with E-state index in [2.05, 4.69) is 14.9 Å². The summed E-state index contributed by atoms with van der Waals surface area (Å²) in [5.74, 6) is 0. The standard InChI is InChI=1S/C10H15F3N4O2S2/c1-6(2)16-21(18,19)7-3-4-17(5-7)9-15-14-8(20-9)10(11,12)13/h6-7,16H,3-5H2,1-2H3/t7-/m1/s1. The normalized spacial score (nSPS) is 20.5. The fourth-order valence-corrected chi connectivity index (χ4v) is 4.43. The second-order valence-electron chi connectivity index (χ2n) is 5.06. The Labute approximate surface area is 124 Å². The molecule has 1 aromatic heterocycles. The van der Waals surface area contributed by atoms with Gasteiger partial charge in [-0.15, -0.1) is 10.2 Å². The van der Waals surface area contributed by atoms with Crippen LogP contribution in [-0.4, -0.2) is 43.0 Å². The third kappa shape index (κ3) is 3.83. The molecule has 2 heterocycles. The van der Waals surface area contributed by atoms with E-state index in [9.17, 15) is 21.6 Å². The van der Waals surface area contributed by atoms with Crippen LogP contribution in [0, 0.1) is 0 Å². The highest BCUT2D eigenvalue weighted by molar-refractivity contribution is 7.90. The minimum absolute atomic E-state index is 0.101. The number of nitrogens with one attached hydrogen (secondary N) is 1. The number of alkyl halides is 3. The third-order valence-electron chi connectivity index (χ3n) is 2.91. The fourth-order valence-electron chi connectivity index (χ4n) is 2.04. The lowest BCUT2D eigenvalue weighted by Crippen LogP contribution is -2.39. The van der Waals surface area contributed by atoms with Gasteiger partial charge in [0.1, 0.15) is 0 Å². The molecule has 0 unspecified atom stereocenters. The van der Waals surface area contributed by atoms with E-state index in [4.69, 9.17) is 0 Å². The molecule has 0 radical (unpaired) electrons. The van der Waals surface area contributed by atoms with Gasteiger partial charge in [0.2, 0.25) is 20.2 Å². The van der Waals surface area contributed by atoms with Crippen LogP contribution in [0.3, 0.4) is 0 Å². The van der Waals surface area contributed by atoms with E-state index in [0.717, 1.165) is 0 Å². The van der Waals surface area contributed by atoms with Crippen LogP contribution in [0.5, 0.6) is 0 Å². The molecule has 1 atom stereocenters. The van der Waals surface area contributed by atoms with Crippen LogP contribution in [0.1, 0.15) is 25.3 Å². The molecule has 1 saturated heterocycles. The monoisotopic (exact) mass is 344 g/mol. The van der Waals surface area contributed by atoms with Crippen LogP contribution in [0.25, 0.3) is 0 Å². The molecule has 21 heavy (non-hydrogen) atoms. The molecule has 1 aliphatic rings. The van der Waals surface area contributed by atoms with Gasteiger partial charge < -0.3 is 4.90 Å². The Kier molecular flexibility index (Phi) is 4.45. The molecular weight excluding hydrogens is 329 g/mol. The lowest BCUT2D eigenvalue weighted by molar-refractivity contribution is -0.138. The molecule has 2 rings (SSSR count). The number of halogens is 3. The smallest absolute Gasteiger partial charge is 0.345 e. The highest BCUT2D eigenvalue weighted by Crippen LogP contribution is 2.35. The first-order chi connectivity index (χ1) is 9.59. The van der Waals surface area contributed by atoms with Crippen molar-refractivity contribution in [3.8, 4) is 0 Å². The summed E-state index contributed by atoms with van der Waals surface area (Å²) in [7, 11) is -3.48. The van der Waals surface area contributed by atoms with Crippen molar-refractivity contribution in [2.45, 2.75) is 37.7 Å². The largest absolute Gasteiger partial charge is 0.445 e. The molecule has 1 aliphatic heterocycles. The summed E-state index contributed by atoms with van der Waals surface area (Å²) in [4.78, 5) is 1.52. The molecule has 1 N–H and O–H groups in total. The second-order valence-corrected chi connectivity index (χ2v) is 8.01.